The highest BCUT2D eigenvalue weighted by molar-refractivity contribution is 7.89. The molecule has 0 bridgehead atoms. The summed E-state index contributed by atoms with van der Waals surface area (Å²) in [5.41, 5.74) is 0.636. The maximum Gasteiger partial charge on any atom is 0.240 e. The maximum absolute atomic E-state index is 12.5. The third-order valence-electron chi connectivity index (χ3n) is 3.39. The van der Waals surface area contributed by atoms with Gasteiger partial charge in [0.2, 0.25) is 10.0 Å². The van der Waals surface area contributed by atoms with Gasteiger partial charge in [-0.2, -0.15) is 0 Å². The Hall–Kier alpha value is -1.79. The Labute approximate surface area is 137 Å². The van der Waals surface area contributed by atoms with E-state index in [4.69, 9.17) is 9.15 Å². The van der Waals surface area contributed by atoms with Crippen LogP contribution < -0.4 is 9.46 Å². The number of hydrogen-bond donors (Lipinski definition) is 1. The van der Waals surface area contributed by atoms with Crippen molar-refractivity contribution in [3.63, 3.8) is 0 Å². The molecule has 0 aliphatic rings. The summed E-state index contributed by atoms with van der Waals surface area (Å²) in [5, 5.41) is 0. The van der Waals surface area contributed by atoms with E-state index in [1.165, 1.54) is 6.26 Å². The minimum Gasteiger partial charge on any atom is -0.494 e. The smallest absolute Gasteiger partial charge is 0.240 e. The molecule has 126 valence electrons. The van der Waals surface area contributed by atoms with Crippen molar-refractivity contribution in [1.82, 2.24) is 4.72 Å². The van der Waals surface area contributed by atoms with Crippen molar-refractivity contribution in [2.45, 2.75) is 44.6 Å². The fraction of sp³-hybridized carbons (Fsp3) is 0.412. The molecule has 0 saturated heterocycles. The molecule has 0 unspecified atom stereocenters. The first-order chi connectivity index (χ1) is 10.7. The van der Waals surface area contributed by atoms with Crippen molar-refractivity contribution in [3.8, 4) is 5.75 Å². The SMILES string of the molecule is CCOc1ccc(S(=O)(=O)NCc2ccco2)cc1C(C)(C)C. The van der Waals surface area contributed by atoms with Crippen LogP contribution in [0, 0.1) is 0 Å². The fourth-order valence-electron chi connectivity index (χ4n) is 2.21. The predicted octanol–water partition coefficient (Wildman–Crippen LogP) is 3.45. The summed E-state index contributed by atoms with van der Waals surface area (Å²) in [6.07, 6.45) is 1.51. The summed E-state index contributed by atoms with van der Waals surface area (Å²) in [5.74, 6) is 1.28. The van der Waals surface area contributed by atoms with E-state index in [1.807, 2.05) is 27.7 Å². The second-order valence-electron chi connectivity index (χ2n) is 6.24. The van der Waals surface area contributed by atoms with Crippen molar-refractivity contribution < 1.29 is 17.6 Å². The highest BCUT2D eigenvalue weighted by atomic mass is 32.2. The molecule has 0 aliphatic heterocycles. The Morgan fingerprint density at radius 2 is 1.96 bits per heavy atom. The van der Waals surface area contributed by atoms with E-state index in [9.17, 15) is 8.42 Å². The number of furan rings is 1. The topological polar surface area (TPSA) is 68.5 Å². The first kappa shape index (κ1) is 17.6. The first-order valence-corrected chi connectivity index (χ1v) is 9.01. The van der Waals surface area contributed by atoms with Crippen molar-refractivity contribution >= 4 is 10.0 Å². The van der Waals surface area contributed by atoms with Gasteiger partial charge >= 0.3 is 0 Å². The molecule has 23 heavy (non-hydrogen) atoms. The molecule has 0 fully saturated rings. The molecule has 0 radical (unpaired) electrons. The van der Waals surface area contributed by atoms with Gasteiger partial charge in [0, 0.05) is 5.56 Å². The van der Waals surface area contributed by atoms with Crippen molar-refractivity contribution in [1.29, 1.82) is 0 Å². The Morgan fingerprint density at radius 3 is 2.52 bits per heavy atom. The summed E-state index contributed by atoms with van der Waals surface area (Å²) in [6.45, 7) is 8.63. The molecule has 0 amide bonds. The Morgan fingerprint density at radius 1 is 1.22 bits per heavy atom. The van der Waals surface area contributed by atoms with Crippen LogP contribution in [-0.2, 0) is 22.0 Å². The lowest BCUT2D eigenvalue weighted by Gasteiger charge is -2.23. The van der Waals surface area contributed by atoms with Gasteiger partial charge in [0.05, 0.1) is 24.3 Å². The van der Waals surface area contributed by atoms with E-state index in [1.54, 1.807) is 30.3 Å². The molecule has 0 saturated carbocycles. The Balaban J connectivity index is 2.31. The first-order valence-electron chi connectivity index (χ1n) is 7.53. The van der Waals surface area contributed by atoms with E-state index in [0.29, 0.717) is 18.1 Å². The van der Waals surface area contributed by atoms with Gasteiger partial charge in [0.15, 0.2) is 0 Å². The zero-order valence-electron chi connectivity index (χ0n) is 13.9. The van der Waals surface area contributed by atoms with Crippen LogP contribution >= 0.6 is 0 Å². The molecule has 6 heteroatoms. The van der Waals surface area contributed by atoms with Crippen LogP contribution in [0.1, 0.15) is 39.0 Å². The third kappa shape index (κ3) is 4.36. The monoisotopic (exact) mass is 337 g/mol. The van der Waals surface area contributed by atoms with Crippen molar-refractivity contribution in [2.24, 2.45) is 0 Å². The van der Waals surface area contributed by atoms with Crippen LogP contribution in [0.2, 0.25) is 0 Å². The quantitative estimate of drug-likeness (QED) is 0.876. The Kier molecular flexibility index (Phi) is 5.16. The summed E-state index contributed by atoms with van der Waals surface area (Å²) >= 11 is 0. The molecule has 1 aromatic carbocycles. The summed E-state index contributed by atoms with van der Waals surface area (Å²) < 4.78 is 38.3. The van der Waals surface area contributed by atoms with Crippen LogP contribution in [0.4, 0.5) is 0 Å². The molecular weight excluding hydrogens is 314 g/mol. The maximum atomic E-state index is 12.5. The number of ether oxygens (including phenoxy) is 1. The average molecular weight is 337 g/mol. The van der Waals surface area contributed by atoms with Gasteiger partial charge in [-0.3, -0.25) is 0 Å². The largest absolute Gasteiger partial charge is 0.494 e. The Bertz CT molecular complexity index is 743. The zero-order chi connectivity index (χ0) is 17.1. The van der Waals surface area contributed by atoms with Gasteiger partial charge < -0.3 is 9.15 Å². The van der Waals surface area contributed by atoms with Gasteiger partial charge in [0.25, 0.3) is 0 Å². The zero-order valence-corrected chi connectivity index (χ0v) is 14.7. The van der Waals surface area contributed by atoms with Gasteiger partial charge in [0.1, 0.15) is 11.5 Å². The normalized spacial score (nSPS) is 12.3. The van der Waals surface area contributed by atoms with E-state index in [2.05, 4.69) is 4.72 Å². The van der Waals surface area contributed by atoms with Gasteiger partial charge in [-0.05, 0) is 42.7 Å². The van der Waals surface area contributed by atoms with Crippen molar-refractivity contribution in [3.05, 3.63) is 47.9 Å². The summed E-state index contributed by atoms with van der Waals surface area (Å²) in [7, 11) is -3.62. The predicted molar refractivity (Wildman–Crippen MR) is 89.0 cm³/mol. The van der Waals surface area contributed by atoms with Crippen LogP contribution in [0.3, 0.4) is 0 Å². The lowest BCUT2D eigenvalue weighted by atomic mass is 9.86. The number of sulfonamides is 1. The molecule has 2 aromatic rings. The standard InChI is InChI=1S/C17H23NO4S/c1-5-21-16-9-8-14(11-15(16)17(2,3)4)23(19,20)18-12-13-7-6-10-22-13/h6-11,18H,5,12H2,1-4H3. The number of rotatable bonds is 6. The highest BCUT2D eigenvalue weighted by Gasteiger charge is 2.23. The second kappa shape index (κ2) is 6.76. The van der Waals surface area contributed by atoms with E-state index in [0.717, 1.165) is 5.56 Å². The molecule has 1 N–H and O–H groups in total. The van der Waals surface area contributed by atoms with Crippen LogP contribution in [0.15, 0.2) is 45.9 Å². The lowest BCUT2D eigenvalue weighted by molar-refractivity contribution is 0.329. The van der Waals surface area contributed by atoms with E-state index >= 15 is 0 Å². The molecule has 0 aliphatic carbocycles. The van der Waals surface area contributed by atoms with E-state index in [-0.39, 0.29) is 16.9 Å². The highest BCUT2D eigenvalue weighted by Crippen LogP contribution is 2.33. The molecule has 0 spiro atoms. The molecule has 0 atom stereocenters. The van der Waals surface area contributed by atoms with Crippen molar-refractivity contribution in [2.75, 3.05) is 6.61 Å². The second-order valence-corrected chi connectivity index (χ2v) is 8.01. The van der Waals surface area contributed by atoms with Crippen LogP contribution in [0.25, 0.3) is 0 Å². The molecule has 5 nitrogen and oxygen atoms in total. The lowest BCUT2D eigenvalue weighted by Crippen LogP contribution is -2.24. The van der Waals surface area contributed by atoms with Gasteiger partial charge in [-0.15, -0.1) is 0 Å². The third-order valence-corrected chi connectivity index (χ3v) is 4.78. The summed E-state index contributed by atoms with van der Waals surface area (Å²) in [4.78, 5) is 0.220. The minimum absolute atomic E-state index is 0.118. The van der Waals surface area contributed by atoms with Crippen LogP contribution in [-0.4, -0.2) is 15.0 Å². The molecule has 2 rings (SSSR count). The minimum atomic E-state index is -3.62. The number of benzene rings is 1. The van der Waals surface area contributed by atoms with Gasteiger partial charge in [-0.25, -0.2) is 13.1 Å². The van der Waals surface area contributed by atoms with Crippen LogP contribution in [0.5, 0.6) is 5.75 Å². The number of nitrogens with one attached hydrogen (secondary N) is 1. The molecular formula is C17H23NO4S. The molecule has 1 aromatic heterocycles. The van der Waals surface area contributed by atoms with Gasteiger partial charge in [-0.1, -0.05) is 20.8 Å². The fourth-order valence-corrected chi connectivity index (χ4v) is 3.23. The van der Waals surface area contributed by atoms with E-state index < -0.39 is 10.0 Å². The molecule has 1 heterocycles. The average Bonchev–Trinajstić information content (AvgIpc) is 2.98. The summed E-state index contributed by atoms with van der Waals surface area (Å²) in [6, 6.07) is 8.39. The number of hydrogen-bond acceptors (Lipinski definition) is 4.